The van der Waals surface area contributed by atoms with Gasteiger partial charge in [0.05, 0.1) is 5.54 Å². The predicted octanol–water partition coefficient (Wildman–Crippen LogP) is 4.26. The van der Waals surface area contributed by atoms with E-state index in [9.17, 15) is 4.79 Å². The summed E-state index contributed by atoms with van der Waals surface area (Å²) in [6, 6.07) is 5.67. The van der Waals surface area contributed by atoms with Crippen molar-refractivity contribution in [2.75, 3.05) is 0 Å². The number of hydrogen-bond donors (Lipinski definition) is 0. The van der Waals surface area contributed by atoms with Crippen molar-refractivity contribution >= 4 is 22.7 Å². The largest absolute Gasteiger partial charge is 0.423 e. The minimum Gasteiger partial charge on any atom is -0.423 e. The molecule has 0 unspecified atom stereocenters. The normalized spacial score (nSPS) is 12.3. The van der Waals surface area contributed by atoms with E-state index in [0.29, 0.717) is 17.3 Å². The van der Waals surface area contributed by atoms with Crippen molar-refractivity contribution in [3.8, 4) is 0 Å². The van der Waals surface area contributed by atoms with Crippen LogP contribution in [0.5, 0.6) is 0 Å². The van der Waals surface area contributed by atoms with Crippen LogP contribution in [-0.2, 0) is 11.3 Å². The molecule has 0 aliphatic carbocycles. The average Bonchev–Trinajstić information content (AvgIpc) is 3.00. The number of aryl methyl sites for hydroxylation is 1. The zero-order chi connectivity index (χ0) is 19.1. The Morgan fingerprint density at radius 2 is 1.96 bits per heavy atom. The van der Waals surface area contributed by atoms with E-state index < -0.39 is 0 Å². The molecule has 138 valence electrons. The summed E-state index contributed by atoms with van der Waals surface area (Å²) in [5.41, 5.74) is 3.43. The molecule has 3 aromatic rings. The first-order valence-electron chi connectivity index (χ1n) is 8.65. The molecule has 0 aliphatic rings. The highest BCUT2D eigenvalue weighted by Gasteiger charge is 2.20. The Balaban J connectivity index is 2.01. The number of benzene rings is 1. The number of thioether (sulfide) groups is 1. The van der Waals surface area contributed by atoms with Crippen LogP contribution < -0.4 is 5.63 Å². The number of tetrazole rings is 1. The van der Waals surface area contributed by atoms with E-state index in [2.05, 4.69) is 56.2 Å². The lowest BCUT2D eigenvalue weighted by atomic mass is 9.95. The minimum atomic E-state index is -0.333. The average molecular weight is 372 g/mol. The van der Waals surface area contributed by atoms with Crippen molar-refractivity contribution in [3.05, 3.63) is 45.3 Å². The van der Waals surface area contributed by atoms with Gasteiger partial charge in [0.1, 0.15) is 5.58 Å². The molecule has 0 saturated heterocycles. The van der Waals surface area contributed by atoms with E-state index in [1.165, 1.54) is 17.3 Å². The number of rotatable bonds is 4. The van der Waals surface area contributed by atoms with Crippen LogP contribution in [0.25, 0.3) is 11.0 Å². The van der Waals surface area contributed by atoms with Gasteiger partial charge in [-0.25, -0.2) is 9.48 Å². The first kappa shape index (κ1) is 18.6. The molecular weight excluding hydrogens is 348 g/mol. The summed E-state index contributed by atoms with van der Waals surface area (Å²) in [5.74, 6) is 0.999. The summed E-state index contributed by atoms with van der Waals surface area (Å²) < 4.78 is 7.22. The van der Waals surface area contributed by atoms with Crippen molar-refractivity contribution in [1.29, 1.82) is 0 Å². The number of hydrogen-bond acceptors (Lipinski definition) is 6. The third-order valence-corrected chi connectivity index (χ3v) is 5.24. The predicted molar refractivity (Wildman–Crippen MR) is 104 cm³/mol. The lowest BCUT2D eigenvalue weighted by Gasteiger charge is -2.19. The summed E-state index contributed by atoms with van der Waals surface area (Å²) in [6.45, 7) is 12.5. The number of fused-ring (bicyclic) bond motifs is 1. The number of nitrogens with zero attached hydrogens (tertiary/aromatic N) is 4. The Morgan fingerprint density at radius 3 is 2.62 bits per heavy atom. The highest BCUT2D eigenvalue weighted by Crippen LogP contribution is 2.30. The van der Waals surface area contributed by atoms with Gasteiger partial charge >= 0.3 is 5.63 Å². The molecule has 0 atom stereocenters. The van der Waals surface area contributed by atoms with Crippen LogP contribution in [0.1, 0.15) is 57.2 Å². The molecule has 2 aromatic heterocycles. The molecule has 0 radical (unpaired) electrons. The summed E-state index contributed by atoms with van der Waals surface area (Å²) in [7, 11) is 0. The first-order valence-corrected chi connectivity index (χ1v) is 9.64. The molecular formula is C19H24N4O2S. The van der Waals surface area contributed by atoms with Crippen LogP contribution in [-0.4, -0.2) is 20.2 Å². The van der Waals surface area contributed by atoms with Gasteiger partial charge in [0.15, 0.2) is 0 Å². The zero-order valence-corrected chi connectivity index (χ0v) is 16.8. The SMILES string of the molecule is Cc1cc2oc(=O)cc(CSc3nnnn3C(C)(C)C)c2cc1C(C)C. The van der Waals surface area contributed by atoms with Crippen molar-refractivity contribution in [2.24, 2.45) is 0 Å². The zero-order valence-electron chi connectivity index (χ0n) is 16.0. The second kappa shape index (κ2) is 6.87. The molecule has 2 heterocycles. The Labute approximate surface area is 157 Å². The highest BCUT2D eigenvalue weighted by atomic mass is 32.2. The van der Waals surface area contributed by atoms with E-state index in [-0.39, 0.29) is 11.2 Å². The molecule has 0 spiro atoms. The maximum Gasteiger partial charge on any atom is 0.336 e. The fourth-order valence-corrected chi connectivity index (χ4v) is 4.02. The summed E-state index contributed by atoms with van der Waals surface area (Å²) in [4.78, 5) is 12.0. The fourth-order valence-electron chi connectivity index (χ4n) is 2.97. The quantitative estimate of drug-likeness (QED) is 0.503. The fraction of sp³-hybridized carbons (Fsp3) is 0.474. The van der Waals surface area contributed by atoms with Crippen LogP contribution in [0.4, 0.5) is 0 Å². The summed E-state index contributed by atoms with van der Waals surface area (Å²) in [6.07, 6.45) is 0. The van der Waals surface area contributed by atoms with E-state index in [0.717, 1.165) is 21.7 Å². The van der Waals surface area contributed by atoms with Gasteiger partial charge in [-0.1, -0.05) is 25.6 Å². The Kier molecular flexibility index (Phi) is 4.92. The molecule has 0 fully saturated rings. The van der Waals surface area contributed by atoms with Gasteiger partial charge in [-0.05, 0) is 72.9 Å². The maximum absolute atomic E-state index is 12.0. The number of aromatic nitrogens is 4. The molecule has 3 rings (SSSR count). The van der Waals surface area contributed by atoms with Crippen molar-refractivity contribution in [1.82, 2.24) is 20.2 Å². The van der Waals surface area contributed by atoms with Crippen LogP contribution in [0.3, 0.4) is 0 Å². The van der Waals surface area contributed by atoms with Gasteiger partial charge in [0, 0.05) is 17.2 Å². The van der Waals surface area contributed by atoms with Gasteiger partial charge in [0.25, 0.3) is 0 Å². The summed E-state index contributed by atoms with van der Waals surface area (Å²) in [5, 5.41) is 13.7. The first-order chi connectivity index (χ1) is 12.2. The molecule has 0 aliphatic heterocycles. The topological polar surface area (TPSA) is 73.8 Å². The van der Waals surface area contributed by atoms with Crippen molar-refractivity contribution in [2.45, 2.75) is 63.9 Å². The Bertz CT molecular complexity index is 999. The van der Waals surface area contributed by atoms with Crippen LogP contribution in [0.2, 0.25) is 0 Å². The van der Waals surface area contributed by atoms with Crippen molar-refractivity contribution in [3.63, 3.8) is 0 Å². The monoisotopic (exact) mass is 372 g/mol. The lowest BCUT2D eigenvalue weighted by molar-refractivity contribution is 0.321. The molecule has 26 heavy (non-hydrogen) atoms. The Morgan fingerprint density at radius 1 is 1.23 bits per heavy atom. The van der Waals surface area contributed by atoms with Crippen LogP contribution >= 0.6 is 11.8 Å². The van der Waals surface area contributed by atoms with Gasteiger partial charge in [0.2, 0.25) is 5.16 Å². The molecule has 7 heteroatoms. The molecule has 6 nitrogen and oxygen atoms in total. The van der Waals surface area contributed by atoms with Gasteiger partial charge in [-0.2, -0.15) is 0 Å². The van der Waals surface area contributed by atoms with E-state index in [4.69, 9.17) is 4.42 Å². The van der Waals surface area contributed by atoms with E-state index in [1.807, 2.05) is 13.0 Å². The van der Waals surface area contributed by atoms with Crippen LogP contribution in [0, 0.1) is 6.92 Å². The molecule has 0 amide bonds. The van der Waals surface area contributed by atoms with Gasteiger partial charge < -0.3 is 4.42 Å². The minimum absolute atomic E-state index is 0.203. The molecule has 0 saturated carbocycles. The van der Waals surface area contributed by atoms with Gasteiger partial charge in [-0.15, -0.1) is 5.10 Å². The third kappa shape index (κ3) is 3.67. The van der Waals surface area contributed by atoms with E-state index >= 15 is 0 Å². The molecule has 0 bridgehead atoms. The van der Waals surface area contributed by atoms with Crippen molar-refractivity contribution < 1.29 is 4.42 Å². The van der Waals surface area contributed by atoms with Crippen LogP contribution in [0.15, 0.2) is 32.6 Å². The standard InChI is InChI=1S/C19H24N4O2S/c1-11(2)14-9-15-13(8-17(24)25-16(15)7-12(14)3)10-26-18-20-21-22-23(18)19(4,5)6/h7-9,11H,10H2,1-6H3. The maximum atomic E-state index is 12.0. The second-order valence-electron chi connectivity index (χ2n) is 7.78. The lowest BCUT2D eigenvalue weighted by Crippen LogP contribution is -2.24. The third-order valence-electron chi connectivity index (χ3n) is 4.27. The highest BCUT2D eigenvalue weighted by molar-refractivity contribution is 7.98. The molecule has 0 N–H and O–H groups in total. The van der Waals surface area contributed by atoms with E-state index in [1.54, 1.807) is 10.7 Å². The Hall–Kier alpha value is -2.15. The second-order valence-corrected chi connectivity index (χ2v) is 8.73. The molecule has 1 aromatic carbocycles. The smallest absolute Gasteiger partial charge is 0.336 e. The summed E-state index contributed by atoms with van der Waals surface area (Å²) >= 11 is 1.52. The van der Waals surface area contributed by atoms with Gasteiger partial charge in [-0.3, -0.25) is 0 Å².